The van der Waals surface area contributed by atoms with Crippen molar-refractivity contribution in [2.45, 2.75) is 6.42 Å². The Kier molecular flexibility index (Phi) is 5.15. The second-order valence-corrected chi connectivity index (χ2v) is 3.63. The van der Waals surface area contributed by atoms with E-state index in [1.165, 1.54) is 0 Å². The average molecular weight is 242 g/mol. The molecule has 0 saturated heterocycles. The highest BCUT2D eigenvalue weighted by Crippen LogP contribution is 2.36. The SMILES string of the molecule is COc1cc(C=CCCN)cc(Cl)c1OC. The quantitative estimate of drug-likeness (QED) is 0.862. The fourth-order valence-corrected chi connectivity index (χ4v) is 1.65. The minimum Gasteiger partial charge on any atom is -0.493 e. The van der Waals surface area contributed by atoms with Crippen LogP contribution < -0.4 is 15.2 Å². The van der Waals surface area contributed by atoms with E-state index in [9.17, 15) is 0 Å². The second-order valence-electron chi connectivity index (χ2n) is 3.22. The molecule has 1 aromatic rings. The fourth-order valence-electron chi connectivity index (χ4n) is 1.35. The molecular formula is C12H16ClNO2. The summed E-state index contributed by atoms with van der Waals surface area (Å²) in [5.74, 6) is 1.18. The third-order valence-electron chi connectivity index (χ3n) is 2.10. The molecule has 0 saturated carbocycles. The van der Waals surface area contributed by atoms with Crippen molar-refractivity contribution < 1.29 is 9.47 Å². The molecule has 1 rings (SSSR count). The molecule has 2 N–H and O–H groups in total. The van der Waals surface area contributed by atoms with Gasteiger partial charge in [-0.05, 0) is 30.7 Å². The maximum atomic E-state index is 6.06. The Bertz CT molecular complexity index is 378. The van der Waals surface area contributed by atoms with Crippen molar-refractivity contribution in [1.29, 1.82) is 0 Å². The van der Waals surface area contributed by atoms with Crippen LogP contribution in [0.4, 0.5) is 0 Å². The molecule has 0 atom stereocenters. The highest BCUT2D eigenvalue weighted by molar-refractivity contribution is 6.32. The summed E-state index contributed by atoms with van der Waals surface area (Å²) in [5, 5.41) is 0.536. The molecule has 1 aromatic carbocycles. The van der Waals surface area contributed by atoms with Gasteiger partial charge in [0.05, 0.1) is 19.2 Å². The maximum absolute atomic E-state index is 6.06. The van der Waals surface area contributed by atoms with E-state index in [1.54, 1.807) is 14.2 Å². The summed E-state index contributed by atoms with van der Waals surface area (Å²) in [6, 6.07) is 3.70. The minimum atomic E-state index is 0.536. The predicted molar refractivity (Wildman–Crippen MR) is 67.3 cm³/mol. The normalized spacial score (nSPS) is 10.8. The van der Waals surface area contributed by atoms with Gasteiger partial charge in [0.25, 0.3) is 0 Å². The van der Waals surface area contributed by atoms with Gasteiger partial charge in [-0.3, -0.25) is 0 Å². The smallest absolute Gasteiger partial charge is 0.179 e. The van der Waals surface area contributed by atoms with E-state index in [4.69, 9.17) is 26.8 Å². The zero-order chi connectivity index (χ0) is 12.0. The second kappa shape index (κ2) is 6.40. The van der Waals surface area contributed by atoms with E-state index in [-0.39, 0.29) is 0 Å². The van der Waals surface area contributed by atoms with Crippen LogP contribution in [0.2, 0.25) is 5.02 Å². The number of halogens is 1. The monoisotopic (exact) mass is 241 g/mol. The topological polar surface area (TPSA) is 44.5 Å². The van der Waals surface area contributed by atoms with E-state index in [1.807, 2.05) is 24.3 Å². The molecule has 0 amide bonds. The Balaban J connectivity index is 3.01. The molecule has 0 heterocycles. The first-order valence-corrected chi connectivity index (χ1v) is 5.38. The van der Waals surface area contributed by atoms with Gasteiger partial charge in [0, 0.05) is 0 Å². The first-order valence-electron chi connectivity index (χ1n) is 5.01. The molecule has 0 radical (unpaired) electrons. The number of ether oxygens (including phenoxy) is 2. The lowest BCUT2D eigenvalue weighted by atomic mass is 10.1. The number of hydrogen-bond acceptors (Lipinski definition) is 3. The maximum Gasteiger partial charge on any atom is 0.179 e. The van der Waals surface area contributed by atoms with Gasteiger partial charge in [0.15, 0.2) is 11.5 Å². The van der Waals surface area contributed by atoms with Crippen LogP contribution >= 0.6 is 11.6 Å². The largest absolute Gasteiger partial charge is 0.493 e. The standard InChI is InChI=1S/C12H16ClNO2/c1-15-11-8-9(5-3-4-6-14)7-10(13)12(11)16-2/h3,5,7-8H,4,6,14H2,1-2H3. The Labute approximate surface area is 101 Å². The molecule has 4 heteroatoms. The van der Waals surface area contributed by atoms with Gasteiger partial charge in [-0.15, -0.1) is 0 Å². The van der Waals surface area contributed by atoms with Gasteiger partial charge in [-0.25, -0.2) is 0 Å². The van der Waals surface area contributed by atoms with Gasteiger partial charge in [-0.2, -0.15) is 0 Å². The van der Waals surface area contributed by atoms with Crippen LogP contribution in [0.5, 0.6) is 11.5 Å². The van der Waals surface area contributed by atoms with Crippen molar-refractivity contribution in [2.24, 2.45) is 5.73 Å². The molecular weight excluding hydrogens is 226 g/mol. The number of methoxy groups -OCH3 is 2. The summed E-state index contributed by atoms with van der Waals surface area (Å²) in [7, 11) is 3.15. The molecule has 0 unspecified atom stereocenters. The van der Waals surface area contributed by atoms with Crippen LogP contribution in [0.3, 0.4) is 0 Å². The van der Waals surface area contributed by atoms with Crippen molar-refractivity contribution in [3.63, 3.8) is 0 Å². The zero-order valence-electron chi connectivity index (χ0n) is 9.50. The van der Waals surface area contributed by atoms with Gasteiger partial charge >= 0.3 is 0 Å². The van der Waals surface area contributed by atoms with E-state index < -0.39 is 0 Å². The van der Waals surface area contributed by atoms with Crippen molar-refractivity contribution in [3.05, 3.63) is 28.8 Å². The molecule has 0 aliphatic carbocycles. The Hall–Kier alpha value is -1.19. The van der Waals surface area contributed by atoms with Gasteiger partial charge in [0.1, 0.15) is 0 Å². The first-order chi connectivity index (χ1) is 7.72. The highest BCUT2D eigenvalue weighted by atomic mass is 35.5. The van der Waals surface area contributed by atoms with Crippen LogP contribution in [-0.4, -0.2) is 20.8 Å². The lowest BCUT2D eigenvalue weighted by Crippen LogP contribution is -1.95. The van der Waals surface area contributed by atoms with E-state index in [0.29, 0.717) is 23.1 Å². The number of nitrogens with two attached hydrogens (primary N) is 1. The Morgan fingerprint density at radius 3 is 2.62 bits per heavy atom. The zero-order valence-corrected chi connectivity index (χ0v) is 10.3. The minimum absolute atomic E-state index is 0.536. The first kappa shape index (κ1) is 12.9. The molecule has 3 nitrogen and oxygen atoms in total. The van der Waals surface area contributed by atoms with Gasteiger partial charge < -0.3 is 15.2 Å². The van der Waals surface area contributed by atoms with Crippen LogP contribution in [-0.2, 0) is 0 Å². The number of rotatable bonds is 5. The van der Waals surface area contributed by atoms with Crippen LogP contribution in [0, 0.1) is 0 Å². The van der Waals surface area contributed by atoms with Crippen molar-refractivity contribution in [3.8, 4) is 11.5 Å². The summed E-state index contributed by atoms with van der Waals surface area (Å²) in [4.78, 5) is 0. The van der Waals surface area contributed by atoms with Crippen LogP contribution in [0.1, 0.15) is 12.0 Å². The molecule has 0 aliphatic heterocycles. The lowest BCUT2D eigenvalue weighted by Gasteiger charge is -2.10. The molecule has 0 aliphatic rings. The van der Waals surface area contributed by atoms with Crippen LogP contribution in [0.15, 0.2) is 18.2 Å². The van der Waals surface area contributed by atoms with Gasteiger partial charge in [0.2, 0.25) is 0 Å². The number of hydrogen-bond donors (Lipinski definition) is 1. The summed E-state index contributed by atoms with van der Waals surface area (Å²) in [6.07, 6.45) is 4.80. The lowest BCUT2D eigenvalue weighted by molar-refractivity contribution is 0.355. The molecule has 16 heavy (non-hydrogen) atoms. The third-order valence-corrected chi connectivity index (χ3v) is 2.38. The molecule has 0 aromatic heterocycles. The highest BCUT2D eigenvalue weighted by Gasteiger charge is 2.09. The molecule has 0 fully saturated rings. The Morgan fingerprint density at radius 2 is 2.06 bits per heavy atom. The molecule has 0 spiro atoms. The van der Waals surface area contributed by atoms with Crippen LogP contribution in [0.25, 0.3) is 6.08 Å². The predicted octanol–water partition coefficient (Wildman–Crippen LogP) is 2.72. The van der Waals surface area contributed by atoms with E-state index in [0.717, 1.165) is 12.0 Å². The summed E-state index contributed by atoms with van der Waals surface area (Å²) in [5.41, 5.74) is 6.37. The summed E-state index contributed by atoms with van der Waals surface area (Å²) in [6.45, 7) is 0.636. The van der Waals surface area contributed by atoms with Gasteiger partial charge in [-0.1, -0.05) is 23.8 Å². The average Bonchev–Trinajstić information content (AvgIpc) is 2.28. The summed E-state index contributed by atoms with van der Waals surface area (Å²) < 4.78 is 10.3. The molecule has 88 valence electrons. The Morgan fingerprint density at radius 1 is 1.31 bits per heavy atom. The van der Waals surface area contributed by atoms with E-state index >= 15 is 0 Å². The van der Waals surface area contributed by atoms with E-state index in [2.05, 4.69) is 0 Å². The number of benzene rings is 1. The third kappa shape index (κ3) is 3.15. The molecule has 0 bridgehead atoms. The van der Waals surface area contributed by atoms with Crippen molar-refractivity contribution in [2.75, 3.05) is 20.8 Å². The fraction of sp³-hybridized carbons (Fsp3) is 0.333. The van der Waals surface area contributed by atoms with Crippen molar-refractivity contribution >= 4 is 17.7 Å². The summed E-state index contributed by atoms with van der Waals surface area (Å²) >= 11 is 6.06. The van der Waals surface area contributed by atoms with Crippen molar-refractivity contribution in [1.82, 2.24) is 0 Å².